The van der Waals surface area contributed by atoms with Crippen molar-refractivity contribution < 1.29 is 33.0 Å². The smallest absolute Gasteiger partial charge is 0.328 e. The third-order valence-corrected chi connectivity index (χ3v) is 2.03. The molecule has 1 atom stereocenters. The average Bonchev–Trinajstić information content (AvgIpc) is 2.30. The second-order valence-electron chi connectivity index (χ2n) is 3.42. The van der Waals surface area contributed by atoms with Crippen LogP contribution >= 0.6 is 0 Å². The number of hydrogen-bond donors (Lipinski definition) is 4. The van der Waals surface area contributed by atoms with Gasteiger partial charge in [0.15, 0.2) is 17.7 Å². The number of hydrogen-bond acceptors (Lipinski definition) is 3. The fourth-order valence-corrected chi connectivity index (χ4v) is 1.15. The highest BCUT2D eigenvalue weighted by atomic mass is 19.1. The fraction of sp³-hybridized carbons (Fsp3) is 0.200. The van der Waals surface area contributed by atoms with Crippen LogP contribution in [-0.4, -0.2) is 34.9 Å². The molecule has 2 amide bonds. The van der Waals surface area contributed by atoms with E-state index in [0.717, 1.165) is 0 Å². The van der Waals surface area contributed by atoms with E-state index in [2.05, 4.69) is 0 Å². The Hall–Kier alpha value is -2.29. The van der Waals surface area contributed by atoms with Gasteiger partial charge in [-0.15, -0.1) is 0 Å². The van der Waals surface area contributed by atoms with E-state index in [1.165, 1.54) is 0 Å². The number of carboxylic acids is 1. The van der Waals surface area contributed by atoms with E-state index < -0.39 is 47.8 Å². The molecule has 0 fully saturated rings. The summed E-state index contributed by atoms with van der Waals surface area (Å²) in [5.41, 5.74) is -0.930. The number of carbonyl (C=O) groups excluding carboxylic acids is 1. The number of halogens is 3. The number of rotatable bonds is 4. The van der Waals surface area contributed by atoms with Gasteiger partial charge in [-0.2, -0.15) is 0 Å². The SMILES string of the molecule is O=C(Nc1c(F)cc(F)cc1F)N[C@H](CO)C(=O)O. The van der Waals surface area contributed by atoms with Crippen LogP contribution in [0.5, 0.6) is 0 Å². The van der Waals surface area contributed by atoms with Gasteiger partial charge < -0.3 is 20.8 Å². The molecular formula is C10H9F3N2O4. The van der Waals surface area contributed by atoms with Gasteiger partial charge in [-0.3, -0.25) is 0 Å². The minimum absolute atomic E-state index is 0.347. The minimum atomic E-state index is -1.63. The molecule has 0 aromatic heterocycles. The first-order chi connectivity index (χ1) is 8.85. The molecule has 0 unspecified atom stereocenters. The summed E-state index contributed by atoms with van der Waals surface area (Å²) in [5, 5.41) is 20.6. The van der Waals surface area contributed by atoms with Crippen molar-refractivity contribution in [3.63, 3.8) is 0 Å². The van der Waals surface area contributed by atoms with Crippen LogP contribution in [0.1, 0.15) is 0 Å². The second-order valence-corrected chi connectivity index (χ2v) is 3.42. The number of benzene rings is 1. The molecule has 0 aliphatic heterocycles. The normalized spacial score (nSPS) is 11.8. The Labute approximate surface area is 104 Å². The maximum absolute atomic E-state index is 13.2. The van der Waals surface area contributed by atoms with Crippen LogP contribution in [0.25, 0.3) is 0 Å². The predicted octanol–water partition coefficient (Wildman–Crippen LogP) is 0.671. The molecule has 0 radical (unpaired) electrons. The summed E-state index contributed by atoms with van der Waals surface area (Å²) >= 11 is 0. The Kier molecular flexibility index (Phi) is 4.70. The van der Waals surface area contributed by atoms with Gasteiger partial charge >= 0.3 is 12.0 Å². The number of carbonyl (C=O) groups is 2. The zero-order chi connectivity index (χ0) is 14.6. The third-order valence-electron chi connectivity index (χ3n) is 2.03. The summed E-state index contributed by atoms with van der Waals surface area (Å²) in [4.78, 5) is 21.7. The molecule has 0 aliphatic rings. The lowest BCUT2D eigenvalue weighted by Crippen LogP contribution is -2.45. The summed E-state index contributed by atoms with van der Waals surface area (Å²) in [6.45, 7) is -0.906. The third kappa shape index (κ3) is 3.85. The van der Waals surface area contributed by atoms with E-state index in [0.29, 0.717) is 12.1 Å². The second kappa shape index (κ2) is 6.05. The first kappa shape index (κ1) is 14.8. The summed E-state index contributed by atoms with van der Waals surface area (Å²) in [5.74, 6) is -5.41. The number of aliphatic carboxylic acids is 1. The standard InChI is InChI=1S/C10H9F3N2O4/c11-4-1-5(12)8(6(13)2-4)15-10(19)14-7(3-16)9(17)18/h1-2,7,16H,3H2,(H,17,18)(H2,14,15,19)/t7-/m1/s1. The van der Waals surface area contributed by atoms with E-state index in [9.17, 15) is 22.8 Å². The van der Waals surface area contributed by atoms with Crippen molar-refractivity contribution in [2.45, 2.75) is 6.04 Å². The maximum Gasteiger partial charge on any atom is 0.328 e. The molecule has 1 aromatic rings. The highest BCUT2D eigenvalue weighted by molar-refractivity contribution is 5.92. The summed E-state index contributed by atoms with van der Waals surface area (Å²) in [7, 11) is 0. The summed E-state index contributed by atoms with van der Waals surface area (Å²) < 4.78 is 38.9. The van der Waals surface area contributed by atoms with Gasteiger partial charge in [0.1, 0.15) is 11.5 Å². The van der Waals surface area contributed by atoms with E-state index in [-0.39, 0.29) is 0 Å². The number of urea groups is 1. The topological polar surface area (TPSA) is 98.7 Å². The molecule has 6 nitrogen and oxygen atoms in total. The Morgan fingerprint density at radius 3 is 2.16 bits per heavy atom. The summed E-state index contributed by atoms with van der Waals surface area (Å²) in [6, 6.07) is -2.20. The molecule has 4 N–H and O–H groups in total. The van der Waals surface area contributed by atoms with E-state index >= 15 is 0 Å². The molecule has 0 bridgehead atoms. The van der Waals surface area contributed by atoms with Crippen molar-refractivity contribution >= 4 is 17.7 Å². The van der Waals surface area contributed by atoms with Crippen LogP contribution in [0.15, 0.2) is 12.1 Å². The van der Waals surface area contributed by atoms with Gasteiger partial charge in [0.25, 0.3) is 0 Å². The number of anilines is 1. The molecule has 0 aliphatic carbocycles. The largest absolute Gasteiger partial charge is 0.480 e. The number of aliphatic hydroxyl groups is 1. The van der Waals surface area contributed by atoms with Gasteiger partial charge in [-0.25, -0.2) is 22.8 Å². The average molecular weight is 278 g/mol. The van der Waals surface area contributed by atoms with Crippen LogP contribution < -0.4 is 10.6 Å². The monoisotopic (exact) mass is 278 g/mol. The van der Waals surface area contributed by atoms with Crippen molar-refractivity contribution in [2.24, 2.45) is 0 Å². The van der Waals surface area contributed by atoms with Crippen LogP contribution in [-0.2, 0) is 4.79 Å². The Morgan fingerprint density at radius 1 is 1.21 bits per heavy atom. The molecule has 0 saturated carbocycles. The van der Waals surface area contributed by atoms with Gasteiger partial charge in [0.05, 0.1) is 6.61 Å². The predicted molar refractivity (Wildman–Crippen MR) is 57.0 cm³/mol. The van der Waals surface area contributed by atoms with Crippen LogP contribution in [0.3, 0.4) is 0 Å². The van der Waals surface area contributed by atoms with Crippen LogP contribution in [0.2, 0.25) is 0 Å². The Morgan fingerprint density at radius 2 is 1.74 bits per heavy atom. The molecule has 1 rings (SSSR count). The molecule has 0 spiro atoms. The van der Waals surface area contributed by atoms with Crippen molar-refractivity contribution in [2.75, 3.05) is 11.9 Å². The number of aliphatic hydroxyl groups excluding tert-OH is 1. The van der Waals surface area contributed by atoms with E-state index in [1.54, 1.807) is 10.6 Å². The Bertz CT molecular complexity index is 487. The molecule has 104 valence electrons. The first-order valence-electron chi connectivity index (χ1n) is 4.91. The molecule has 9 heteroatoms. The van der Waals surface area contributed by atoms with E-state index in [4.69, 9.17) is 10.2 Å². The van der Waals surface area contributed by atoms with E-state index in [1.807, 2.05) is 0 Å². The number of amides is 2. The quantitative estimate of drug-likeness (QED) is 0.650. The van der Waals surface area contributed by atoms with Crippen molar-refractivity contribution in [3.05, 3.63) is 29.6 Å². The maximum atomic E-state index is 13.2. The lowest BCUT2D eigenvalue weighted by atomic mass is 10.3. The zero-order valence-corrected chi connectivity index (χ0v) is 9.28. The summed E-state index contributed by atoms with van der Waals surface area (Å²) in [6.07, 6.45) is 0. The molecule has 0 saturated heterocycles. The molecule has 19 heavy (non-hydrogen) atoms. The van der Waals surface area contributed by atoms with Crippen molar-refractivity contribution in [1.82, 2.24) is 5.32 Å². The minimum Gasteiger partial charge on any atom is -0.480 e. The Balaban J connectivity index is 2.80. The first-order valence-corrected chi connectivity index (χ1v) is 4.91. The highest BCUT2D eigenvalue weighted by Gasteiger charge is 2.20. The van der Waals surface area contributed by atoms with Crippen LogP contribution in [0, 0.1) is 17.5 Å². The number of nitrogens with one attached hydrogen (secondary N) is 2. The van der Waals surface area contributed by atoms with Crippen molar-refractivity contribution in [3.8, 4) is 0 Å². The lowest BCUT2D eigenvalue weighted by molar-refractivity contribution is -0.140. The zero-order valence-electron chi connectivity index (χ0n) is 9.28. The van der Waals surface area contributed by atoms with Gasteiger partial charge in [-0.1, -0.05) is 0 Å². The van der Waals surface area contributed by atoms with Gasteiger partial charge in [0, 0.05) is 12.1 Å². The van der Waals surface area contributed by atoms with Crippen molar-refractivity contribution in [1.29, 1.82) is 0 Å². The van der Waals surface area contributed by atoms with Gasteiger partial charge in [-0.05, 0) is 0 Å². The van der Waals surface area contributed by atoms with Gasteiger partial charge in [0.2, 0.25) is 0 Å². The lowest BCUT2D eigenvalue weighted by Gasteiger charge is -2.13. The molecule has 1 aromatic carbocycles. The number of carboxylic acid groups (broad SMARTS) is 1. The highest BCUT2D eigenvalue weighted by Crippen LogP contribution is 2.19. The fourth-order valence-electron chi connectivity index (χ4n) is 1.15. The molecular weight excluding hydrogens is 269 g/mol. The van der Waals surface area contributed by atoms with Crippen LogP contribution in [0.4, 0.5) is 23.7 Å². The molecule has 0 heterocycles.